The lowest BCUT2D eigenvalue weighted by Gasteiger charge is -2.36. The van der Waals surface area contributed by atoms with Gasteiger partial charge in [0.25, 0.3) is 0 Å². The molecule has 0 aliphatic carbocycles. The highest BCUT2D eigenvalue weighted by Crippen LogP contribution is 2.27. The Morgan fingerprint density at radius 1 is 1.00 bits per heavy atom. The topological polar surface area (TPSA) is 43.2 Å². The van der Waals surface area contributed by atoms with E-state index in [9.17, 15) is 5.26 Å². The van der Waals surface area contributed by atoms with Gasteiger partial charge in [-0.25, -0.2) is 4.98 Å². The van der Waals surface area contributed by atoms with Crippen LogP contribution in [0.25, 0.3) is 10.9 Å². The maximum atomic E-state index is 9.65. The maximum Gasteiger partial charge on any atom is 0.147 e. The molecular weight excluding hydrogens is 332 g/mol. The van der Waals surface area contributed by atoms with Crippen molar-refractivity contribution in [1.82, 2.24) is 9.88 Å². The second kappa shape index (κ2) is 7.38. The van der Waals surface area contributed by atoms with Gasteiger partial charge in [0.1, 0.15) is 11.9 Å². The second-order valence-electron chi connectivity index (χ2n) is 7.30. The fraction of sp³-hybridized carbons (Fsp3) is 0.304. The average molecular weight is 356 g/mol. The van der Waals surface area contributed by atoms with Crippen molar-refractivity contribution in [3.8, 4) is 6.07 Å². The Morgan fingerprint density at radius 2 is 1.74 bits per heavy atom. The second-order valence-corrected chi connectivity index (χ2v) is 7.30. The molecule has 0 spiro atoms. The van der Waals surface area contributed by atoms with Crippen LogP contribution in [0.15, 0.2) is 48.5 Å². The number of benzene rings is 2. The molecule has 4 heteroatoms. The summed E-state index contributed by atoms with van der Waals surface area (Å²) in [6, 6.07) is 19.1. The number of hydrogen-bond donors (Lipinski definition) is 0. The van der Waals surface area contributed by atoms with Crippen LogP contribution in [0, 0.1) is 25.2 Å². The summed E-state index contributed by atoms with van der Waals surface area (Å²) in [4.78, 5) is 9.66. The van der Waals surface area contributed by atoms with E-state index in [1.54, 1.807) is 0 Å². The molecule has 1 saturated heterocycles. The molecule has 0 N–H and O–H groups in total. The fourth-order valence-corrected chi connectivity index (χ4v) is 3.76. The number of hydrogen-bond acceptors (Lipinski definition) is 4. The Morgan fingerprint density at radius 3 is 2.44 bits per heavy atom. The molecule has 0 bridgehead atoms. The van der Waals surface area contributed by atoms with E-state index in [1.807, 2.05) is 6.07 Å². The van der Waals surface area contributed by atoms with Crippen molar-refractivity contribution in [1.29, 1.82) is 5.26 Å². The van der Waals surface area contributed by atoms with Crippen molar-refractivity contribution in [2.75, 3.05) is 31.1 Å². The van der Waals surface area contributed by atoms with Gasteiger partial charge in [0, 0.05) is 38.1 Å². The zero-order valence-electron chi connectivity index (χ0n) is 15.9. The molecule has 0 unspecified atom stereocenters. The third kappa shape index (κ3) is 3.51. The molecule has 1 aliphatic rings. The molecule has 27 heavy (non-hydrogen) atoms. The van der Waals surface area contributed by atoms with E-state index in [-0.39, 0.29) is 0 Å². The number of aromatic nitrogens is 1. The van der Waals surface area contributed by atoms with Crippen molar-refractivity contribution in [3.63, 3.8) is 0 Å². The first-order chi connectivity index (χ1) is 13.2. The van der Waals surface area contributed by atoms with Crippen LogP contribution in [-0.4, -0.2) is 36.1 Å². The molecular formula is C23H24N4. The van der Waals surface area contributed by atoms with Crippen LogP contribution < -0.4 is 4.90 Å². The molecule has 4 rings (SSSR count). The van der Waals surface area contributed by atoms with E-state index in [0.717, 1.165) is 49.4 Å². The van der Waals surface area contributed by atoms with E-state index < -0.39 is 0 Å². The van der Waals surface area contributed by atoms with E-state index in [2.05, 4.69) is 72.2 Å². The molecule has 4 nitrogen and oxygen atoms in total. The average Bonchev–Trinajstić information content (AvgIpc) is 2.71. The van der Waals surface area contributed by atoms with E-state index in [1.165, 1.54) is 16.7 Å². The smallest absolute Gasteiger partial charge is 0.147 e. The lowest BCUT2D eigenvalue weighted by Crippen LogP contribution is -2.46. The Labute approximate surface area is 160 Å². The highest BCUT2D eigenvalue weighted by Gasteiger charge is 2.21. The molecule has 0 atom stereocenters. The minimum absolute atomic E-state index is 0.669. The van der Waals surface area contributed by atoms with Gasteiger partial charge in [0.15, 0.2) is 0 Å². The predicted molar refractivity (Wildman–Crippen MR) is 110 cm³/mol. The Kier molecular flexibility index (Phi) is 4.79. The van der Waals surface area contributed by atoms with Crippen LogP contribution in [0.5, 0.6) is 0 Å². The van der Waals surface area contributed by atoms with Crippen LogP contribution >= 0.6 is 0 Å². The summed E-state index contributed by atoms with van der Waals surface area (Å²) >= 11 is 0. The van der Waals surface area contributed by atoms with Gasteiger partial charge in [-0.3, -0.25) is 4.90 Å². The third-order valence-corrected chi connectivity index (χ3v) is 5.53. The normalized spacial score (nSPS) is 15.1. The quantitative estimate of drug-likeness (QED) is 0.710. The number of nitriles is 1. The zero-order valence-corrected chi connectivity index (χ0v) is 15.9. The molecule has 2 aromatic carbocycles. The number of aryl methyl sites for hydroxylation is 2. The lowest BCUT2D eigenvalue weighted by atomic mass is 10.0. The third-order valence-electron chi connectivity index (χ3n) is 5.53. The highest BCUT2D eigenvalue weighted by molar-refractivity contribution is 5.86. The summed E-state index contributed by atoms with van der Waals surface area (Å²) in [6.45, 7) is 8.94. The minimum Gasteiger partial charge on any atom is -0.353 e. The first-order valence-corrected chi connectivity index (χ1v) is 9.48. The number of anilines is 1. The molecule has 0 amide bonds. The van der Waals surface area contributed by atoms with Crippen LogP contribution in [0.1, 0.15) is 22.3 Å². The molecule has 136 valence electrons. The number of nitrogens with zero attached hydrogens (tertiary/aromatic N) is 4. The van der Waals surface area contributed by atoms with Crippen molar-refractivity contribution >= 4 is 16.7 Å². The van der Waals surface area contributed by atoms with Crippen LogP contribution in [0.3, 0.4) is 0 Å². The summed E-state index contributed by atoms with van der Waals surface area (Å²) in [7, 11) is 0. The van der Waals surface area contributed by atoms with Crippen LogP contribution in [0.2, 0.25) is 0 Å². The molecule has 1 aromatic heterocycles. The SMILES string of the molecule is Cc1ccc2cc(C#N)c(N3CCN(Cc4ccccc4)CC3)nc2c1C. The number of piperazine rings is 1. The first-order valence-electron chi connectivity index (χ1n) is 9.48. The number of rotatable bonds is 3. The molecule has 1 aliphatic heterocycles. The van der Waals surface area contributed by atoms with Crippen LogP contribution in [-0.2, 0) is 6.54 Å². The first kappa shape index (κ1) is 17.5. The van der Waals surface area contributed by atoms with Crippen molar-refractivity contribution in [2.24, 2.45) is 0 Å². The summed E-state index contributed by atoms with van der Waals surface area (Å²) in [5, 5.41) is 10.7. The Hall–Kier alpha value is -2.90. The number of fused-ring (bicyclic) bond motifs is 1. The Bertz CT molecular complexity index is 996. The van der Waals surface area contributed by atoms with Gasteiger partial charge in [-0.15, -0.1) is 0 Å². The van der Waals surface area contributed by atoms with Crippen LogP contribution in [0.4, 0.5) is 5.82 Å². The van der Waals surface area contributed by atoms with Gasteiger partial charge < -0.3 is 4.90 Å². The summed E-state index contributed by atoms with van der Waals surface area (Å²) in [6.07, 6.45) is 0. The lowest BCUT2D eigenvalue weighted by molar-refractivity contribution is 0.249. The van der Waals surface area contributed by atoms with Gasteiger partial charge in [-0.1, -0.05) is 42.5 Å². The summed E-state index contributed by atoms with van der Waals surface area (Å²) in [5.74, 6) is 0.832. The van der Waals surface area contributed by atoms with E-state index in [4.69, 9.17) is 4.98 Å². The van der Waals surface area contributed by atoms with Gasteiger partial charge in [-0.2, -0.15) is 5.26 Å². The summed E-state index contributed by atoms with van der Waals surface area (Å²) in [5.41, 5.74) is 5.45. The maximum absolute atomic E-state index is 9.65. The molecule has 3 aromatic rings. The van der Waals surface area contributed by atoms with Gasteiger partial charge in [0.2, 0.25) is 0 Å². The predicted octanol–water partition coefficient (Wildman–Crippen LogP) is 4.05. The molecule has 2 heterocycles. The number of pyridine rings is 1. The zero-order chi connectivity index (χ0) is 18.8. The molecule has 0 saturated carbocycles. The van der Waals surface area contributed by atoms with Crippen molar-refractivity contribution in [3.05, 3.63) is 70.8 Å². The van der Waals surface area contributed by atoms with Crippen molar-refractivity contribution < 1.29 is 0 Å². The fourth-order valence-electron chi connectivity index (χ4n) is 3.76. The van der Waals surface area contributed by atoms with Crippen molar-refractivity contribution in [2.45, 2.75) is 20.4 Å². The van der Waals surface area contributed by atoms with E-state index >= 15 is 0 Å². The van der Waals surface area contributed by atoms with Gasteiger partial charge in [0.05, 0.1) is 11.1 Å². The molecule has 0 radical (unpaired) electrons. The van der Waals surface area contributed by atoms with Gasteiger partial charge >= 0.3 is 0 Å². The van der Waals surface area contributed by atoms with Gasteiger partial charge in [-0.05, 0) is 36.6 Å². The standard InChI is InChI=1S/C23H24N4/c1-17-8-9-20-14-21(15-24)23(25-22(20)18(17)2)27-12-10-26(11-13-27)16-19-6-4-3-5-7-19/h3-9,14H,10-13,16H2,1-2H3. The molecule has 1 fully saturated rings. The van der Waals surface area contributed by atoms with E-state index in [0.29, 0.717) is 5.56 Å². The Balaban J connectivity index is 1.56. The minimum atomic E-state index is 0.669. The highest BCUT2D eigenvalue weighted by atomic mass is 15.3. The largest absolute Gasteiger partial charge is 0.353 e. The monoisotopic (exact) mass is 356 g/mol. The summed E-state index contributed by atoms with van der Waals surface area (Å²) < 4.78 is 0.